The van der Waals surface area contributed by atoms with Crippen molar-refractivity contribution in [3.63, 3.8) is 0 Å². The topological polar surface area (TPSA) is 29.7 Å². The van der Waals surface area contributed by atoms with Crippen LogP contribution in [-0.4, -0.2) is 21.6 Å². The van der Waals surface area contributed by atoms with Gasteiger partial charge >= 0.3 is 0 Å². The molecule has 0 saturated heterocycles. The van der Waals surface area contributed by atoms with Crippen LogP contribution >= 0.6 is 11.6 Å². The first-order valence-electron chi connectivity index (χ1n) is 7.13. The minimum absolute atomic E-state index is 0.323. The Morgan fingerprint density at radius 3 is 2.90 bits per heavy atom. The third-order valence-electron chi connectivity index (χ3n) is 3.80. The van der Waals surface area contributed by atoms with Crippen molar-refractivity contribution in [3.05, 3.63) is 34.9 Å². The van der Waals surface area contributed by atoms with E-state index in [1.165, 1.54) is 5.56 Å². The Labute approximate surface area is 124 Å². The molecule has 1 aliphatic rings. The Bertz CT molecular complexity index is 677. The molecule has 0 unspecified atom stereocenters. The molecule has 3 nitrogen and oxygen atoms in total. The second-order valence-corrected chi connectivity index (χ2v) is 7.04. The van der Waals surface area contributed by atoms with Crippen LogP contribution in [0, 0.1) is 5.41 Å². The van der Waals surface area contributed by atoms with E-state index >= 15 is 0 Å². The zero-order valence-electron chi connectivity index (χ0n) is 12.3. The molecule has 0 aromatic carbocycles. The van der Waals surface area contributed by atoms with Crippen molar-refractivity contribution in [2.24, 2.45) is 10.4 Å². The molecular weight excluding hydrogens is 270 g/mol. The van der Waals surface area contributed by atoms with E-state index in [1.807, 2.05) is 18.6 Å². The minimum atomic E-state index is 0.323. The van der Waals surface area contributed by atoms with Crippen molar-refractivity contribution in [1.29, 1.82) is 0 Å². The summed E-state index contributed by atoms with van der Waals surface area (Å²) in [5, 5.41) is 0.841. The third-order valence-corrected chi connectivity index (χ3v) is 4.15. The van der Waals surface area contributed by atoms with Gasteiger partial charge in [0.2, 0.25) is 0 Å². The van der Waals surface area contributed by atoms with Crippen LogP contribution in [0.15, 0.2) is 23.6 Å². The molecule has 106 valence electrons. The van der Waals surface area contributed by atoms with Crippen LogP contribution in [0.4, 0.5) is 0 Å². The van der Waals surface area contributed by atoms with Gasteiger partial charge in [-0.2, -0.15) is 0 Å². The maximum absolute atomic E-state index is 6.30. The molecule has 0 aliphatic heterocycles. The highest BCUT2D eigenvalue weighted by Gasteiger charge is 2.22. The quantitative estimate of drug-likeness (QED) is 0.816. The number of aryl methyl sites for hydroxylation is 1. The third kappa shape index (κ3) is 2.47. The molecule has 0 amide bonds. The monoisotopic (exact) mass is 289 g/mol. The lowest BCUT2D eigenvalue weighted by Crippen LogP contribution is -2.14. The summed E-state index contributed by atoms with van der Waals surface area (Å²) >= 11 is 6.30. The second kappa shape index (κ2) is 4.88. The molecule has 0 bridgehead atoms. The molecule has 1 aliphatic carbocycles. The average Bonchev–Trinajstić information content (AvgIpc) is 2.79. The van der Waals surface area contributed by atoms with E-state index in [0.717, 1.165) is 47.8 Å². The average molecular weight is 290 g/mol. The summed E-state index contributed by atoms with van der Waals surface area (Å²) in [6, 6.07) is 1.94. The highest BCUT2D eigenvalue weighted by atomic mass is 35.5. The van der Waals surface area contributed by atoms with Gasteiger partial charge in [0.05, 0.1) is 17.6 Å². The molecule has 0 atom stereocenters. The zero-order valence-corrected chi connectivity index (χ0v) is 13.0. The number of aliphatic imine (C=N–C) groups is 1. The van der Waals surface area contributed by atoms with Gasteiger partial charge < -0.3 is 4.40 Å². The SMILES string of the molecule is CC(C)(C)CC/N=C1/CCc2c(Cl)ccn3cnc1c23. The van der Waals surface area contributed by atoms with Gasteiger partial charge in [-0.1, -0.05) is 32.4 Å². The van der Waals surface area contributed by atoms with Crippen molar-refractivity contribution in [2.45, 2.75) is 40.0 Å². The van der Waals surface area contributed by atoms with Gasteiger partial charge in [-0.05, 0) is 36.3 Å². The lowest BCUT2D eigenvalue weighted by atomic mass is 9.92. The first-order valence-corrected chi connectivity index (χ1v) is 7.51. The van der Waals surface area contributed by atoms with E-state index in [1.54, 1.807) is 0 Å². The summed E-state index contributed by atoms with van der Waals surface area (Å²) in [7, 11) is 0. The van der Waals surface area contributed by atoms with Crippen LogP contribution < -0.4 is 0 Å². The molecule has 0 radical (unpaired) electrons. The van der Waals surface area contributed by atoms with Gasteiger partial charge in [0.25, 0.3) is 0 Å². The second-order valence-electron chi connectivity index (χ2n) is 6.63. The highest BCUT2D eigenvalue weighted by Crippen LogP contribution is 2.30. The summed E-state index contributed by atoms with van der Waals surface area (Å²) in [6.45, 7) is 7.61. The van der Waals surface area contributed by atoms with Crippen molar-refractivity contribution >= 4 is 22.8 Å². The lowest BCUT2D eigenvalue weighted by Gasteiger charge is -2.18. The van der Waals surface area contributed by atoms with Crippen molar-refractivity contribution in [1.82, 2.24) is 9.38 Å². The molecule has 2 heterocycles. The van der Waals surface area contributed by atoms with Gasteiger partial charge in [0, 0.05) is 17.8 Å². The lowest BCUT2D eigenvalue weighted by molar-refractivity contribution is 0.385. The fourth-order valence-electron chi connectivity index (χ4n) is 2.62. The van der Waals surface area contributed by atoms with Gasteiger partial charge in [-0.25, -0.2) is 4.98 Å². The Kier molecular flexibility index (Phi) is 3.33. The van der Waals surface area contributed by atoms with Crippen LogP contribution in [-0.2, 0) is 6.42 Å². The molecule has 2 aromatic rings. The molecule has 0 fully saturated rings. The first-order chi connectivity index (χ1) is 9.46. The molecule has 2 aromatic heterocycles. The first kappa shape index (κ1) is 13.6. The number of aromatic nitrogens is 2. The predicted molar refractivity (Wildman–Crippen MR) is 84.0 cm³/mol. The Morgan fingerprint density at radius 1 is 1.35 bits per heavy atom. The fourth-order valence-corrected chi connectivity index (χ4v) is 2.86. The van der Waals surface area contributed by atoms with E-state index in [9.17, 15) is 0 Å². The number of pyridine rings is 1. The molecule has 3 rings (SSSR count). The number of hydrogen-bond donors (Lipinski definition) is 0. The van der Waals surface area contributed by atoms with Crippen LogP contribution in [0.5, 0.6) is 0 Å². The van der Waals surface area contributed by atoms with Crippen LogP contribution in [0.2, 0.25) is 5.02 Å². The van der Waals surface area contributed by atoms with Crippen LogP contribution in [0.1, 0.15) is 44.9 Å². The summed E-state index contributed by atoms with van der Waals surface area (Å²) in [4.78, 5) is 9.33. The van der Waals surface area contributed by atoms with Crippen molar-refractivity contribution < 1.29 is 0 Å². The summed E-state index contributed by atoms with van der Waals surface area (Å²) in [5.74, 6) is 0. The fraction of sp³-hybridized carbons (Fsp3) is 0.500. The maximum atomic E-state index is 6.30. The number of hydrogen-bond acceptors (Lipinski definition) is 2. The van der Waals surface area contributed by atoms with E-state index in [4.69, 9.17) is 16.6 Å². The molecule has 0 saturated carbocycles. The molecule has 20 heavy (non-hydrogen) atoms. The summed E-state index contributed by atoms with van der Waals surface area (Å²) < 4.78 is 2.05. The Balaban J connectivity index is 1.96. The van der Waals surface area contributed by atoms with Crippen LogP contribution in [0.3, 0.4) is 0 Å². The van der Waals surface area contributed by atoms with E-state index in [2.05, 4.69) is 30.2 Å². The summed E-state index contributed by atoms with van der Waals surface area (Å²) in [5.41, 5.74) is 4.81. The zero-order chi connectivity index (χ0) is 14.3. The van der Waals surface area contributed by atoms with Crippen molar-refractivity contribution in [3.8, 4) is 0 Å². The predicted octanol–water partition coefficient (Wildman–Crippen LogP) is 4.16. The number of nitrogens with zero attached hydrogens (tertiary/aromatic N) is 3. The Morgan fingerprint density at radius 2 is 2.15 bits per heavy atom. The summed E-state index contributed by atoms with van der Waals surface area (Å²) in [6.07, 6.45) is 6.81. The molecule has 4 heteroatoms. The minimum Gasteiger partial charge on any atom is -0.305 e. The normalized spacial score (nSPS) is 17.1. The van der Waals surface area contributed by atoms with Crippen LogP contribution in [0.25, 0.3) is 5.52 Å². The maximum Gasteiger partial charge on any atom is 0.110 e. The van der Waals surface area contributed by atoms with E-state index in [0.29, 0.717) is 5.41 Å². The van der Waals surface area contributed by atoms with Gasteiger partial charge in [0.1, 0.15) is 5.69 Å². The van der Waals surface area contributed by atoms with Gasteiger partial charge in [-0.3, -0.25) is 4.99 Å². The van der Waals surface area contributed by atoms with Gasteiger partial charge in [-0.15, -0.1) is 0 Å². The van der Waals surface area contributed by atoms with E-state index in [-0.39, 0.29) is 0 Å². The number of rotatable bonds is 2. The Hall–Kier alpha value is -1.35. The number of halogens is 1. The largest absolute Gasteiger partial charge is 0.305 e. The standard InChI is InChI=1S/C16H20ClN3/c1-16(2,3)7-8-18-13-5-4-11-12(17)6-9-20-10-19-14(13)15(11)20/h6,9-10H,4-5,7-8H2,1-3H3/b18-13-. The molecular formula is C16H20ClN3. The smallest absolute Gasteiger partial charge is 0.110 e. The van der Waals surface area contributed by atoms with Gasteiger partial charge in [0.15, 0.2) is 0 Å². The highest BCUT2D eigenvalue weighted by molar-refractivity contribution is 6.32. The van der Waals surface area contributed by atoms with Crippen molar-refractivity contribution in [2.75, 3.05) is 6.54 Å². The molecule has 0 spiro atoms. The number of imidazole rings is 1. The van der Waals surface area contributed by atoms with E-state index < -0.39 is 0 Å². The molecule has 0 N–H and O–H groups in total.